The fraction of sp³-hybridized carbons (Fsp3) is 0.576. The van der Waals surface area contributed by atoms with Gasteiger partial charge in [-0.3, -0.25) is 14.5 Å². The number of rotatable bonds is 13. The van der Waals surface area contributed by atoms with Crippen LogP contribution in [0.15, 0.2) is 35.1 Å². The van der Waals surface area contributed by atoms with E-state index in [1.165, 1.54) is 37.8 Å². The van der Waals surface area contributed by atoms with E-state index in [4.69, 9.17) is 4.74 Å². The molecule has 0 radical (unpaired) electrons. The number of aldehydes is 2. The maximum Gasteiger partial charge on any atom is 0.150 e. The van der Waals surface area contributed by atoms with Crippen LogP contribution in [-0.4, -0.2) is 84.6 Å². The van der Waals surface area contributed by atoms with Crippen LogP contribution < -0.4 is 15.5 Å². The number of likely N-dealkylation sites (N-methyl/N-ethyl adjacent to an activating group) is 2. The van der Waals surface area contributed by atoms with Crippen molar-refractivity contribution in [2.24, 2.45) is 0 Å². The lowest BCUT2D eigenvalue weighted by Crippen LogP contribution is -2.37. The number of hydrogen-bond donors (Lipinski definition) is 2. The monoisotopic (exact) mass is 552 g/mol. The first kappa shape index (κ1) is 35.1. The summed E-state index contributed by atoms with van der Waals surface area (Å²) in [5, 5.41) is 5.96. The van der Waals surface area contributed by atoms with Gasteiger partial charge < -0.3 is 20.3 Å². The summed E-state index contributed by atoms with van der Waals surface area (Å²) in [6.07, 6.45) is 10.2. The zero-order chi connectivity index (χ0) is 29.9. The molecule has 0 unspecified atom stereocenters. The lowest BCUT2D eigenvalue weighted by Gasteiger charge is -2.36. The van der Waals surface area contributed by atoms with Crippen molar-refractivity contribution in [3.63, 3.8) is 0 Å². The molecular formula is C33H52N4O3. The number of allylic oxidation sites excluding steroid dienone is 3. The SMILES string of the molecule is CCN(c1cc(C#CCN(C)CCOC)cc(C=O)c1C)C1CCCCC1.CNC/C(C=O)=C(C)/C=C(/C)NC. The molecule has 0 saturated heterocycles. The molecule has 40 heavy (non-hydrogen) atoms. The second kappa shape index (κ2) is 20.0. The number of hydrogen-bond acceptors (Lipinski definition) is 7. The van der Waals surface area contributed by atoms with E-state index >= 15 is 0 Å². The van der Waals surface area contributed by atoms with E-state index in [0.29, 0.717) is 25.7 Å². The topological polar surface area (TPSA) is 73.9 Å². The number of carbonyl (C=O) groups is 2. The Balaban J connectivity index is 0.000000520. The van der Waals surface area contributed by atoms with Crippen LogP contribution in [0.1, 0.15) is 74.4 Å². The molecule has 1 aliphatic carbocycles. The van der Waals surface area contributed by atoms with Crippen LogP contribution in [0.5, 0.6) is 0 Å². The Morgan fingerprint density at radius 3 is 2.40 bits per heavy atom. The van der Waals surface area contributed by atoms with Gasteiger partial charge in [-0.1, -0.05) is 31.1 Å². The smallest absolute Gasteiger partial charge is 0.150 e. The zero-order valence-corrected chi connectivity index (χ0v) is 26.2. The average molecular weight is 553 g/mol. The number of nitrogens with zero attached hydrogens (tertiary/aromatic N) is 2. The number of nitrogens with one attached hydrogen (secondary N) is 2. The summed E-state index contributed by atoms with van der Waals surface area (Å²) in [7, 11) is 7.43. The summed E-state index contributed by atoms with van der Waals surface area (Å²) < 4.78 is 5.10. The Morgan fingerprint density at radius 2 is 1.85 bits per heavy atom. The van der Waals surface area contributed by atoms with E-state index in [1.807, 2.05) is 47.1 Å². The Bertz CT molecular complexity index is 1050. The van der Waals surface area contributed by atoms with Crippen LogP contribution in [0.3, 0.4) is 0 Å². The molecule has 0 aromatic heterocycles. The molecule has 0 aliphatic heterocycles. The van der Waals surface area contributed by atoms with Crippen molar-refractivity contribution in [3.8, 4) is 11.8 Å². The minimum Gasteiger partial charge on any atom is -0.392 e. The second-order valence-corrected chi connectivity index (χ2v) is 10.4. The first-order valence-electron chi connectivity index (χ1n) is 14.4. The molecule has 0 amide bonds. The van der Waals surface area contributed by atoms with Gasteiger partial charge in [0.05, 0.1) is 13.2 Å². The molecule has 1 aromatic rings. The van der Waals surface area contributed by atoms with Crippen molar-refractivity contribution in [1.29, 1.82) is 0 Å². The maximum absolute atomic E-state index is 11.6. The van der Waals surface area contributed by atoms with Crippen LogP contribution in [-0.2, 0) is 9.53 Å². The third kappa shape index (κ3) is 12.1. The standard InChI is InChI=1S/C23H34N2O2.C10H18N2O/c1-5-25(22-11-7-6-8-12-22)23-17-20(16-21(18-26)19(23)2)10-9-13-24(3)14-15-27-4;1-8(5-9(2)12-4)10(7-13)6-11-3/h16-18,22H,5-8,11-15H2,1-4H3;5,7,11-12H,6H2,1-4H3/b;9-5-,10-8-. The molecule has 0 spiro atoms. The largest absolute Gasteiger partial charge is 0.392 e. The third-order valence-corrected chi connectivity index (χ3v) is 7.32. The van der Waals surface area contributed by atoms with E-state index in [-0.39, 0.29) is 0 Å². The van der Waals surface area contributed by atoms with Gasteiger partial charge in [-0.2, -0.15) is 0 Å². The maximum atomic E-state index is 11.6. The van der Waals surface area contributed by atoms with Gasteiger partial charge in [-0.15, -0.1) is 0 Å². The highest BCUT2D eigenvalue weighted by Gasteiger charge is 2.22. The van der Waals surface area contributed by atoms with Crippen molar-refractivity contribution in [2.45, 2.75) is 65.8 Å². The molecule has 2 N–H and O–H groups in total. The van der Waals surface area contributed by atoms with E-state index in [0.717, 1.165) is 59.2 Å². The summed E-state index contributed by atoms with van der Waals surface area (Å²) in [5.41, 5.74) is 6.75. The summed E-state index contributed by atoms with van der Waals surface area (Å²) in [6, 6.07) is 4.66. The van der Waals surface area contributed by atoms with Crippen molar-refractivity contribution < 1.29 is 14.3 Å². The summed E-state index contributed by atoms with van der Waals surface area (Å²) >= 11 is 0. The fourth-order valence-corrected chi connectivity index (χ4v) is 4.79. The normalized spacial score (nSPS) is 14.4. The number of benzene rings is 1. The molecule has 7 heteroatoms. The van der Waals surface area contributed by atoms with Crippen LogP contribution in [0.4, 0.5) is 5.69 Å². The summed E-state index contributed by atoms with van der Waals surface area (Å²) in [5.74, 6) is 6.49. The van der Waals surface area contributed by atoms with E-state index < -0.39 is 0 Å². The third-order valence-electron chi connectivity index (χ3n) is 7.32. The minimum absolute atomic E-state index is 0.574. The predicted molar refractivity (Wildman–Crippen MR) is 168 cm³/mol. The van der Waals surface area contributed by atoms with Crippen molar-refractivity contribution in [1.82, 2.24) is 15.5 Å². The molecule has 7 nitrogen and oxygen atoms in total. The van der Waals surface area contributed by atoms with Gasteiger partial charge in [0, 0.05) is 67.9 Å². The molecule has 222 valence electrons. The Morgan fingerprint density at radius 1 is 1.15 bits per heavy atom. The van der Waals surface area contributed by atoms with Crippen LogP contribution in [0, 0.1) is 18.8 Å². The van der Waals surface area contributed by atoms with Gasteiger partial charge in [-0.05, 0) is 84.0 Å². The van der Waals surface area contributed by atoms with Crippen molar-refractivity contribution >= 4 is 18.3 Å². The van der Waals surface area contributed by atoms with E-state index in [2.05, 4.69) is 52.2 Å². The molecule has 0 heterocycles. The van der Waals surface area contributed by atoms with Crippen LogP contribution in [0.25, 0.3) is 0 Å². The van der Waals surface area contributed by atoms with Crippen molar-refractivity contribution in [2.75, 3.05) is 65.9 Å². The predicted octanol–water partition coefficient (Wildman–Crippen LogP) is 4.74. The average Bonchev–Trinajstić information content (AvgIpc) is 2.97. The molecule has 2 rings (SSSR count). The van der Waals surface area contributed by atoms with Gasteiger partial charge >= 0.3 is 0 Å². The Labute approximate surface area is 243 Å². The Kier molecular flexibility index (Phi) is 17.6. The minimum atomic E-state index is 0.574. The molecule has 1 saturated carbocycles. The molecular weight excluding hydrogens is 500 g/mol. The highest BCUT2D eigenvalue weighted by atomic mass is 16.5. The van der Waals surface area contributed by atoms with Crippen LogP contribution in [0.2, 0.25) is 0 Å². The highest BCUT2D eigenvalue weighted by Crippen LogP contribution is 2.31. The molecule has 0 atom stereocenters. The van der Waals surface area contributed by atoms with Gasteiger partial charge in [0.25, 0.3) is 0 Å². The van der Waals surface area contributed by atoms with Gasteiger partial charge in [0.1, 0.15) is 12.6 Å². The van der Waals surface area contributed by atoms with Gasteiger partial charge in [0.2, 0.25) is 0 Å². The second-order valence-electron chi connectivity index (χ2n) is 10.4. The molecule has 1 aromatic carbocycles. The number of anilines is 1. The zero-order valence-electron chi connectivity index (χ0n) is 26.2. The van der Waals surface area contributed by atoms with E-state index in [1.54, 1.807) is 7.11 Å². The summed E-state index contributed by atoms with van der Waals surface area (Å²) in [4.78, 5) is 26.9. The Hall–Kier alpha value is -2.92. The first-order chi connectivity index (χ1) is 19.3. The van der Waals surface area contributed by atoms with E-state index in [9.17, 15) is 9.59 Å². The lowest BCUT2D eigenvalue weighted by atomic mass is 9.92. The molecule has 1 aliphatic rings. The number of carbonyl (C=O) groups excluding carboxylic acids is 2. The number of ether oxygens (including phenoxy) is 1. The van der Waals surface area contributed by atoms with Crippen molar-refractivity contribution in [3.05, 3.63) is 51.7 Å². The summed E-state index contributed by atoms with van der Waals surface area (Å²) in [6.45, 7) is 12.0. The quantitative estimate of drug-likeness (QED) is 0.158. The lowest BCUT2D eigenvalue weighted by molar-refractivity contribution is -0.105. The molecule has 1 fully saturated rings. The van der Waals surface area contributed by atoms with Crippen LogP contribution >= 0.6 is 0 Å². The fourth-order valence-electron chi connectivity index (χ4n) is 4.79. The van der Waals surface area contributed by atoms with Gasteiger partial charge in [0.15, 0.2) is 0 Å². The van der Waals surface area contributed by atoms with Gasteiger partial charge in [-0.25, -0.2) is 0 Å². The first-order valence-corrected chi connectivity index (χ1v) is 14.4. The molecule has 0 bridgehead atoms. The highest BCUT2D eigenvalue weighted by molar-refractivity contribution is 5.82. The number of methoxy groups -OCH3 is 1.